The van der Waals surface area contributed by atoms with E-state index in [0.717, 1.165) is 25.7 Å². The molecule has 2 atom stereocenters. The minimum Gasteiger partial charge on any atom is -0.381 e. The van der Waals surface area contributed by atoms with Crippen molar-refractivity contribution < 1.29 is 8.42 Å². The van der Waals surface area contributed by atoms with Crippen molar-refractivity contribution in [1.29, 1.82) is 0 Å². The first-order chi connectivity index (χ1) is 9.37. The second-order valence-corrected chi connectivity index (χ2v) is 7.42. The van der Waals surface area contributed by atoms with E-state index in [0.29, 0.717) is 6.54 Å². The number of piperidine rings is 1. The summed E-state index contributed by atoms with van der Waals surface area (Å²) >= 11 is 0. The Kier molecular flexibility index (Phi) is 4.39. The lowest BCUT2D eigenvalue weighted by molar-refractivity contribution is 0.204. The van der Waals surface area contributed by atoms with E-state index in [1.807, 2.05) is 20.8 Å². The molecule has 1 aliphatic heterocycles. The van der Waals surface area contributed by atoms with Gasteiger partial charge in [-0.2, -0.15) is 9.40 Å². The normalized spacial score (nSPS) is 24.9. The first-order valence-electron chi connectivity index (χ1n) is 7.24. The predicted octanol–water partition coefficient (Wildman–Crippen LogP) is 1.83. The lowest BCUT2D eigenvalue weighted by Crippen LogP contribution is -2.47. The van der Waals surface area contributed by atoms with Crippen molar-refractivity contribution in [2.45, 2.75) is 70.0 Å². The molecule has 7 heteroatoms. The van der Waals surface area contributed by atoms with Gasteiger partial charge in [0.25, 0.3) is 0 Å². The Morgan fingerprint density at radius 1 is 1.35 bits per heavy atom. The molecule has 114 valence electrons. The molecule has 6 nitrogen and oxygen atoms in total. The number of sulfonamides is 1. The lowest BCUT2D eigenvalue weighted by atomic mass is 10.0. The number of nitrogens with zero attached hydrogens (tertiary/aromatic N) is 3. The molecule has 1 aliphatic rings. The zero-order valence-electron chi connectivity index (χ0n) is 12.4. The van der Waals surface area contributed by atoms with Crippen molar-refractivity contribution in [3.63, 3.8) is 0 Å². The Labute approximate surface area is 121 Å². The number of hydrogen-bond acceptors (Lipinski definition) is 4. The number of nitrogen functional groups attached to an aromatic ring is 1. The molecule has 2 unspecified atom stereocenters. The third kappa shape index (κ3) is 2.69. The summed E-state index contributed by atoms with van der Waals surface area (Å²) in [6.07, 6.45) is 5.30. The van der Waals surface area contributed by atoms with Crippen molar-refractivity contribution in [2.75, 3.05) is 5.73 Å². The number of aryl methyl sites for hydroxylation is 1. The molecule has 1 aromatic heterocycles. The topological polar surface area (TPSA) is 81.2 Å². The molecular weight excluding hydrogens is 276 g/mol. The molecule has 1 saturated heterocycles. The highest BCUT2D eigenvalue weighted by molar-refractivity contribution is 7.89. The minimum absolute atomic E-state index is 0.0117. The number of nitrogens with two attached hydrogens (primary N) is 1. The van der Waals surface area contributed by atoms with E-state index in [1.165, 1.54) is 0 Å². The van der Waals surface area contributed by atoms with E-state index >= 15 is 0 Å². The SMILES string of the molecule is CCCn1cc(S(=O)(=O)N2C(C)CCCC2C)c(N)n1. The summed E-state index contributed by atoms with van der Waals surface area (Å²) in [5.41, 5.74) is 5.82. The van der Waals surface area contributed by atoms with Gasteiger partial charge in [-0.1, -0.05) is 13.3 Å². The van der Waals surface area contributed by atoms with Crippen molar-refractivity contribution in [3.8, 4) is 0 Å². The summed E-state index contributed by atoms with van der Waals surface area (Å²) in [6, 6.07) is 0.0235. The molecule has 0 radical (unpaired) electrons. The summed E-state index contributed by atoms with van der Waals surface area (Å²) in [7, 11) is -3.56. The molecule has 1 aromatic rings. The Balaban J connectivity index is 2.38. The molecule has 20 heavy (non-hydrogen) atoms. The van der Waals surface area contributed by atoms with Crippen LogP contribution in [0.2, 0.25) is 0 Å². The standard InChI is InChI=1S/C13H24N4O2S/c1-4-8-16-9-12(13(14)15-16)20(18,19)17-10(2)6-5-7-11(17)3/h9-11H,4-8H2,1-3H3,(H2,14,15). The fourth-order valence-corrected chi connectivity index (χ4v) is 4.89. The van der Waals surface area contributed by atoms with Gasteiger partial charge in [-0.3, -0.25) is 4.68 Å². The zero-order valence-corrected chi connectivity index (χ0v) is 13.2. The van der Waals surface area contributed by atoms with Gasteiger partial charge in [-0.25, -0.2) is 8.42 Å². The molecular formula is C13H24N4O2S. The van der Waals surface area contributed by atoms with E-state index in [1.54, 1.807) is 15.2 Å². The summed E-state index contributed by atoms with van der Waals surface area (Å²) < 4.78 is 28.9. The van der Waals surface area contributed by atoms with Crippen molar-refractivity contribution >= 4 is 15.8 Å². The molecule has 0 spiro atoms. The van der Waals surface area contributed by atoms with Crippen LogP contribution in [-0.2, 0) is 16.6 Å². The maximum atomic E-state index is 12.8. The number of rotatable bonds is 4. The van der Waals surface area contributed by atoms with Crippen LogP contribution in [0.5, 0.6) is 0 Å². The average Bonchev–Trinajstić information content (AvgIpc) is 2.71. The van der Waals surface area contributed by atoms with E-state index in [2.05, 4.69) is 5.10 Å². The highest BCUT2D eigenvalue weighted by Crippen LogP contribution is 2.31. The van der Waals surface area contributed by atoms with Gasteiger partial charge in [0, 0.05) is 24.8 Å². The fraction of sp³-hybridized carbons (Fsp3) is 0.769. The average molecular weight is 300 g/mol. The Morgan fingerprint density at radius 3 is 2.50 bits per heavy atom. The van der Waals surface area contributed by atoms with Crippen LogP contribution in [0.3, 0.4) is 0 Å². The van der Waals surface area contributed by atoms with Crippen LogP contribution >= 0.6 is 0 Å². The van der Waals surface area contributed by atoms with Gasteiger partial charge < -0.3 is 5.73 Å². The Hall–Kier alpha value is -1.08. The van der Waals surface area contributed by atoms with Crippen molar-refractivity contribution in [1.82, 2.24) is 14.1 Å². The highest BCUT2D eigenvalue weighted by atomic mass is 32.2. The molecule has 0 saturated carbocycles. The molecule has 0 amide bonds. The van der Waals surface area contributed by atoms with Gasteiger partial charge >= 0.3 is 0 Å². The number of hydrogen-bond donors (Lipinski definition) is 1. The number of aromatic nitrogens is 2. The summed E-state index contributed by atoms with van der Waals surface area (Å²) in [6.45, 7) is 6.60. The summed E-state index contributed by atoms with van der Waals surface area (Å²) in [5.74, 6) is 0.100. The zero-order chi connectivity index (χ0) is 14.9. The summed E-state index contributed by atoms with van der Waals surface area (Å²) in [5, 5.41) is 4.10. The predicted molar refractivity (Wildman–Crippen MR) is 78.7 cm³/mol. The molecule has 0 aromatic carbocycles. The van der Waals surface area contributed by atoms with Gasteiger partial charge in [0.2, 0.25) is 10.0 Å². The third-order valence-electron chi connectivity index (χ3n) is 3.88. The van der Waals surface area contributed by atoms with Crippen LogP contribution in [0.1, 0.15) is 46.5 Å². The van der Waals surface area contributed by atoms with Gasteiger partial charge in [0.05, 0.1) is 0 Å². The van der Waals surface area contributed by atoms with Crippen LogP contribution in [-0.4, -0.2) is 34.6 Å². The first-order valence-corrected chi connectivity index (χ1v) is 8.68. The third-order valence-corrected chi connectivity index (χ3v) is 6.02. The minimum atomic E-state index is -3.56. The monoisotopic (exact) mass is 300 g/mol. The van der Waals surface area contributed by atoms with Crippen LogP contribution in [0.4, 0.5) is 5.82 Å². The second kappa shape index (κ2) is 5.73. The maximum Gasteiger partial charge on any atom is 0.248 e. The van der Waals surface area contributed by atoms with Gasteiger partial charge in [-0.05, 0) is 33.1 Å². The van der Waals surface area contributed by atoms with Crippen LogP contribution in [0, 0.1) is 0 Å². The van der Waals surface area contributed by atoms with Gasteiger partial charge in [-0.15, -0.1) is 0 Å². The Bertz CT molecular complexity index is 557. The smallest absolute Gasteiger partial charge is 0.248 e. The first kappa shape index (κ1) is 15.3. The lowest BCUT2D eigenvalue weighted by Gasteiger charge is -2.37. The molecule has 0 aliphatic carbocycles. The van der Waals surface area contributed by atoms with Gasteiger partial charge in [0.15, 0.2) is 5.82 Å². The molecule has 0 bridgehead atoms. The van der Waals surface area contributed by atoms with Gasteiger partial charge in [0.1, 0.15) is 4.90 Å². The molecule has 2 heterocycles. The van der Waals surface area contributed by atoms with E-state index in [-0.39, 0.29) is 22.8 Å². The maximum absolute atomic E-state index is 12.8. The highest BCUT2D eigenvalue weighted by Gasteiger charge is 2.37. The summed E-state index contributed by atoms with van der Waals surface area (Å²) in [4.78, 5) is 0.145. The Morgan fingerprint density at radius 2 is 1.95 bits per heavy atom. The van der Waals surface area contributed by atoms with E-state index in [9.17, 15) is 8.42 Å². The van der Waals surface area contributed by atoms with Crippen LogP contribution in [0.25, 0.3) is 0 Å². The van der Waals surface area contributed by atoms with Crippen LogP contribution < -0.4 is 5.73 Å². The van der Waals surface area contributed by atoms with Crippen LogP contribution in [0.15, 0.2) is 11.1 Å². The molecule has 1 fully saturated rings. The molecule has 2 N–H and O–H groups in total. The van der Waals surface area contributed by atoms with E-state index in [4.69, 9.17) is 5.73 Å². The fourth-order valence-electron chi connectivity index (χ4n) is 2.95. The van der Waals surface area contributed by atoms with Crippen molar-refractivity contribution in [3.05, 3.63) is 6.20 Å². The second-order valence-electron chi connectivity index (χ2n) is 5.61. The molecule has 2 rings (SSSR count). The largest absolute Gasteiger partial charge is 0.381 e. The quantitative estimate of drug-likeness (QED) is 0.919. The number of anilines is 1. The van der Waals surface area contributed by atoms with E-state index < -0.39 is 10.0 Å². The van der Waals surface area contributed by atoms with Crippen molar-refractivity contribution in [2.24, 2.45) is 0 Å².